The molecular weight excluding hydrogens is 678 g/mol. The Labute approximate surface area is 320 Å². The molecule has 11 heteroatoms. The van der Waals surface area contributed by atoms with Crippen molar-refractivity contribution >= 4 is 11.8 Å². The molecule has 1 N–H and O–H groups in total. The van der Waals surface area contributed by atoms with Gasteiger partial charge in [0.2, 0.25) is 0 Å². The summed E-state index contributed by atoms with van der Waals surface area (Å²) in [7, 11) is 7.45. The maximum absolute atomic E-state index is 13.7. The summed E-state index contributed by atoms with van der Waals surface area (Å²) in [5, 5.41) is 11.7. The zero-order valence-corrected chi connectivity index (χ0v) is 35.2. The molecule has 0 bridgehead atoms. The minimum absolute atomic E-state index is 0.0196. The first-order valence-corrected chi connectivity index (χ1v) is 20.1. The van der Waals surface area contributed by atoms with Crippen LogP contribution in [0.4, 0.5) is 0 Å². The first-order chi connectivity index (χ1) is 25.0. The van der Waals surface area contributed by atoms with E-state index in [-0.39, 0.29) is 72.8 Å². The van der Waals surface area contributed by atoms with Crippen molar-refractivity contribution in [3.8, 4) is 0 Å². The van der Waals surface area contributed by atoms with E-state index >= 15 is 0 Å². The minimum Gasteiger partial charge on any atom is -0.462 e. The Bertz CT molecular complexity index is 1210. The van der Waals surface area contributed by atoms with Gasteiger partial charge >= 0.3 is 5.97 Å². The van der Waals surface area contributed by atoms with Gasteiger partial charge in [-0.15, -0.1) is 0 Å². The van der Waals surface area contributed by atoms with Gasteiger partial charge in [0, 0.05) is 49.9 Å². The van der Waals surface area contributed by atoms with Gasteiger partial charge in [-0.1, -0.05) is 72.6 Å². The summed E-state index contributed by atoms with van der Waals surface area (Å²) >= 11 is 0. The van der Waals surface area contributed by atoms with Crippen LogP contribution in [0.5, 0.6) is 0 Å². The molecule has 2 fully saturated rings. The van der Waals surface area contributed by atoms with Gasteiger partial charge in [-0.3, -0.25) is 9.59 Å². The van der Waals surface area contributed by atoms with E-state index in [1.165, 1.54) is 0 Å². The highest BCUT2D eigenvalue weighted by Crippen LogP contribution is 2.38. The van der Waals surface area contributed by atoms with Gasteiger partial charge in [0.15, 0.2) is 18.4 Å². The predicted octanol–water partition coefficient (Wildman–Crippen LogP) is 6.21. The number of esters is 1. The SMILES string of the molecule is CC[C@H]1C[C@@H](C)C(=O)/C=C/C(C)=C/[C@H](CO[C@@H]2O[C@H](C)[C@@H](C)[C@@H](OC)[C@H]2OC)[C@@H](CC)OC(=O)C[C@@H](O)[C@H](C)[C@H]1O[C@@H]1O[C@H](C)[C@@H](C)[C@H](N(C)C)[C@H]1C. The summed E-state index contributed by atoms with van der Waals surface area (Å²) in [5.74, 6) is -1.21. The number of aliphatic hydroxyl groups excluding tert-OH is 1. The van der Waals surface area contributed by atoms with Gasteiger partial charge in [0.1, 0.15) is 12.2 Å². The van der Waals surface area contributed by atoms with Gasteiger partial charge < -0.3 is 43.2 Å². The summed E-state index contributed by atoms with van der Waals surface area (Å²) in [6.45, 7) is 20.5. The van der Waals surface area contributed by atoms with Crippen LogP contribution in [0.3, 0.4) is 0 Å². The molecule has 0 aromatic rings. The lowest BCUT2D eigenvalue weighted by molar-refractivity contribution is -0.292. The van der Waals surface area contributed by atoms with Crippen molar-refractivity contribution in [3.63, 3.8) is 0 Å². The van der Waals surface area contributed by atoms with E-state index in [0.29, 0.717) is 18.8 Å². The average molecular weight is 752 g/mol. The Morgan fingerprint density at radius 2 is 1.43 bits per heavy atom. The first kappa shape index (κ1) is 45.7. The fourth-order valence-corrected chi connectivity index (χ4v) is 8.76. The molecule has 306 valence electrons. The number of rotatable bonds is 10. The third-order valence-electron chi connectivity index (χ3n) is 12.5. The van der Waals surface area contributed by atoms with Gasteiger partial charge in [-0.25, -0.2) is 0 Å². The summed E-state index contributed by atoms with van der Waals surface area (Å²) in [4.78, 5) is 29.5. The highest BCUT2D eigenvalue weighted by Gasteiger charge is 2.46. The molecule has 3 rings (SSSR count). The molecule has 0 aliphatic carbocycles. The molecule has 53 heavy (non-hydrogen) atoms. The third kappa shape index (κ3) is 11.7. The van der Waals surface area contributed by atoms with Gasteiger partial charge in [-0.2, -0.15) is 0 Å². The summed E-state index contributed by atoms with van der Waals surface area (Å²) < 4.78 is 43.8. The largest absolute Gasteiger partial charge is 0.462 e. The fourth-order valence-electron chi connectivity index (χ4n) is 8.76. The van der Waals surface area contributed by atoms with E-state index in [0.717, 1.165) is 12.0 Å². The number of carbonyl (C=O) groups is 2. The van der Waals surface area contributed by atoms with Crippen molar-refractivity contribution in [1.82, 2.24) is 4.90 Å². The van der Waals surface area contributed by atoms with Crippen molar-refractivity contribution in [2.75, 3.05) is 34.9 Å². The Balaban J connectivity index is 1.93. The molecule has 17 atom stereocenters. The second-order valence-electron chi connectivity index (χ2n) is 16.5. The van der Waals surface area contributed by atoms with Crippen LogP contribution >= 0.6 is 0 Å². The summed E-state index contributed by atoms with van der Waals surface area (Å²) in [5.41, 5.74) is 0.842. The molecule has 3 aliphatic heterocycles. The summed E-state index contributed by atoms with van der Waals surface area (Å²) in [6.07, 6.45) is 2.93. The number of allylic oxidation sites excluding steroid dienone is 3. The van der Waals surface area contributed by atoms with Crippen molar-refractivity contribution in [2.45, 2.75) is 156 Å². The van der Waals surface area contributed by atoms with E-state index in [9.17, 15) is 14.7 Å². The molecule has 2 saturated heterocycles. The van der Waals surface area contributed by atoms with E-state index in [1.807, 2.05) is 46.8 Å². The molecule has 0 unspecified atom stereocenters. The Hall–Kier alpha value is -1.70. The number of ketones is 1. The number of aliphatic hydroxyl groups is 1. The molecule has 3 aliphatic rings. The fraction of sp³-hybridized carbons (Fsp3) is 0.857. The standard InChI is InChI=1S/C42H73NO10/c1-15-31-20-24(4)33(44)18-17-23(3)19-32(22-49-42-40(48-14)39(47-13)26(6)30(10)51-42)35(16-2)52-36(46)21-34(45)27(7)38(31)53-41-28(8)37(43(11)12)25(5)29(9)50-41/h17-19,24-32,34-35,37-42,45H,15-16,20-22H2,1-14H3/b18-17+,23-19+/t24-,25-,26-,27+,28-,29-,30-,31+,32-,34-,35-,37+,38-,39-,40-,41+,42-/m1/s1. The quantitative estimate of drug-likeness (QED) is 0.257. The van der Waals surface area contributed by atoms with Gasteiger partial charge in [0.05, 0.1) is 43.5 Å². The number of hydrogen-bond donors (Lipinski definition) is 1. The number of methoxy groups -OCH3 is 2. The highest BCUT2D eigenvalue weighted by molar-refractivity contribution is 5.91. The Morgan fingerprint density at radius 1 is 0.811 bits per heavy atom. The molecular formula is C42H73NO10. The van der Waals surface area contributed by atoms with Crippen LogP contribution in [0.15, 0.2) is 23.8 Å². The highest BCUT2D eigenvalue weighted by atomic mass is 16.7. The Kier molecular flexibility index (Phi) is 18.1. The monoisotopic (exact) mass is 752 g/mol. The topological polar surface area (TPSA) is 122 Å². The molecule has 0 aromatic heterocycles. The lowest BCUT2D eigenvalue weighted by Crippen LogP contribution is -2.56. The van der Waals surface area contributed by atoms with Crippen LogP contribution < -0.4 is 0 Å². The van der Waals surface area contributed by atoms with Crippen molar-refractivity contribution in [3.05, 3.63) is 23.8 Å². The van der Waals surface area contributed by atoms with Crippen LogP contribution in [0.1, 0.15) is 94.9 Å². The van der Waals surface area contributed by atoms with E-state index in [2.05, 4.69) is 53.6 Å². The number of cyclic esters (lactones) is 1. The zero-order chi connectivity index (χ0) is 39.7. The van der Waals surface area contributed by atoms with Crippen LogP contribution in [0.2, 0.25) is 0 Å². The second kappa shape index (κ2) is 21.0. The molecule has 11 nitrogen and oxygen atoms in total. The summed E-state index contributed by atoms with van der Waals surface area (Å²) in [6, 6.07) is 0.230. The van der Waals surface area contributed by atoms with Crippen molar-refractivity contribution in [1.29, 1.82) is 0 Å². The van der Waals surface area contributed by atoms with Gasteiger partial charge in [-0.05, 0) is 65.6 Å². The zero-order valence-electron chi connectivity index (χ0n) is 35.2. The molecule has 0 amide bonds. The number of hydrogen-bond acceptors (Lipinski definition) is 11. The van der Waals surface area contributed by atoms with E-state index in [1.54, 1.807) is 20.3 Å². The maximum Gasteiger partial charge on any atom is 0.308 e. The Morgan fingerprint density at radius 3 is 2.02 bits per heavy atom. The lowest BCUT2D eigenvalue weighted by Gasteiger charge is -2.48. The average Bonchev–Trinajstić information content (AvgIpc) is 3.11. The molecule has 0 radical (unpaired) electrons. The molecule has 3 heterocycles. The first-order valence-electron chi connectivity index (χ1n) is 20.1. The normalized spacial score (nSPS) is 44.3. The molecule has 0 spiro atoms. The predicted molar refractivity (Wildman–Crippen MR) is 205 cm³/mol. The maximum atomic E-state index is 13.7. The molecule has 0 aromatic carbocycles. The minimum atomic E-state index is -1.04. The van der Waals surface area contributed by atoms with E-state index in [4.69, 9.17) is 33.2 Å². The molecule has 0 saturated carbocycles. The van der Waals surface area contributed by atoms with Crippen molar-refractivity contribution in [2.24, 2.45) is 41.4 Å². The van der Waals surface area contributed by atoms with Gasteiger partial charge in [0.25, 0.3) is 0 Å². The number of nitrogens with zero attached hydrogens (tertiary/aromatic N) is 1. The van der Waals surface area contributed by atoms with Crippen molar-refractivity contribution < 1.29 is 47.9 Å². The number of ether oxygens (including phenoxy) is 7. The lowest BCUT2D eigenvalue weighted by atomic mass is 9.79. The second-order valence-corrected chi connectivity index (χ2v) is 16.5. The number of carbonyl (C=O) groups excluding carboxylic acids is 2. The van der Waals surface area contributed by atoms with Crippen LogP contribution in [-0.2, 0) is 42.7 Å². The van der Waals surface area contributed by atoms with Crippen LogP contribution in [0, 0.1) is 41.4 Å². The van der Waals surface area contributed by atoms with E-state index < -0.39 is 48.9 Å². The van der Waals surface area contributed by atoms with Crippen LogP contribution in [0.25, 0.3) is 0 Å². The third-order valence-corrected chi connectivity index (χ3v) is 12.5. The smallest absolute Gasteiger partial charge is 0.308 e. The van der Waals surface area contributed by atoms with Crippen LogP contribution in [-0.4, -0.2) is 118 Å².